The highest BCUT2D eigenvalue weighted by Gasteiger charge is 2.66. The summed E-state index contributed by atoms with van der Waals surface area (Å²) in [7, 11) is 0. The first kappa shape index (κ1) is 16.3. The number of hydrogen-bond donors (Lipinski definition) is 1. The maximum atomic E-state index is 12.9. The second kappa shape index (κ2) is 6.64. The SMILES string of the molecule is O=C1O[C@@H](c2ccccc2)[C@]1(C1CCCCC1)[C@@H](O)c1ccccc1. The van der Waals surface area contributed by atoms with Gasteiger partial charge in [0.05, 0.1) is 6.10 Å². The summed E-state index contributed by atoms with van der Waals surface area (Å²) in [6.07, 6.45) is 4.16. The lowest BCUT2D eigenvalue weighted by Crippen LogP contribution is -2.59. The van der Waals surface area contributed by atoms with Gasteiger partial charge in [-0.2, -0.15) is 0 Å². The predicted molar refractivity (Wildman–Crippen MR) is 95.7 cm³/mol. The van der Waals surface area contributed by atoms with Crippen molar-refractivity contribution in [2.75, 3.05) is 0 Å². The highest BCUT2D eigenvalue weighted by atomic mass is 16.6. The van der Waals surface area contributed by atoms with Gasteiger partial charge in [0.15, 0.2) is 0 Å². The van der Waals surface area contributed by atoms with E-state index in [4.69, 9.17) is 4.74 Å². The molecule has 1 saturated carbocycles. The van der Waals surface area contributed by atoms with Crippen molar-refractivity contribution in [3.63, 3.8) is 0 Å². The first-order valence-corrected chi connectivity index (χ1v) is 9.23. The molecule has 4 rings (SSSR count). The van der Waals surface area contributed by atoms with Crippen LogP contribution < -0.4 is 0 Å². The Morgan fingerprint density at radius 2 is 1.52 bits per heavy atom. The fourth-order valence-electron chi connectivity index (χ4n) is 4.68. The van der Waals surface area contributed by atoms with Gasteiger partial charge in [-0.25, -0.2) is 0 Å². The van der Waals surface area contributed by atoms with Crippen molar-refractivity contribution >= 4 is 5.97 Å². The molecular weight excluding hydrogens is 312 g/mol. The average molecular weight is 336 g/mol. The Balaban J connectivity index is 1.79. The Kier molecular flexibility index (Phi) is 4.34. The van der Waals surface area contributed by atoms with Crippen molar-refractivity contribution < 1.29 is 14.6 Å². The molecule has 0 amide bonds. The maximum Gasteiger partial charge on any atom is 0.320 e. The number of aliphatic hydroxyl groups excluding tert-OH is 1. The van der Waals surface area contributed by atoms with E-state index < -0.39 is 11.5 Å². The van der Waals surface area contributed by atoms with Gasteiger partial charge >= 0.3 is 5.97 Å². The summed E-state index contributed by atoms with van der Waals surface area (Å²) in [6, 6.07) is 19.4. The Hall–Kier alpha value is -2.13. The monoisotopic (exact) mass is 336 g/mol. The molecule has 1 N–H and O–H groups in total. The lowest BCUT2D eigenvalue weighted by atomic mass is 9.57. The van der Waals surface area contributed by atoms with E-state index in [2.05, 4.69) is 0 Å². The minimum atomic E-state index is -0.872. The minimum Gasteiger partial charge on any atom is -0.455 e. The average Bonchev–Trinajstić information content (AvgIpc) is 2.68. The van der Waals surface area contributed by atoms with Gasteiger partial charge in [0.25, 0.3) is 0 Å². The summed E-state index contributed by atoms with van der Waals surface area (Å²) < 4.78 is 5.64. The van der Waals surface area contributed by atoms with Crippen molar-refractivity contribution in [3.8, 4) is 0 Å². The van der Waals surface area contributed by atoms with Crippen LogP contribution in [0.4, 0.5) is 0 Å². The van der Waals surface area contributed by atoms with Crippen molar-refractivity contribution in [2.24, 2.45) is 11.3 Å². The van der Waals surface area contributed by atoms with E-state index >= 15 is 0 Å². The molecule has 2 aliphatic rings. The summed E-state index contributed by atoms with van der Waals surface area (Å²) in [5.74, 6) is -0.0903. The van der Waals surface area contributed by atoms with Crippen molar-refractivity contribution in [1.29, 1.82) is 0 Å². The van der Waals surface area contributed by atoms with Gasteiger partial charge in [-0.05, 0) is 29.9 Å². The predicted octanol–water partition coefficient (Wildman–Crippen LogP) is 4.58. The van der Waals surface area contributed by atoms with Gasteiger partial charge in [0.2, 0.25) is 0 Å². The summed E-state index contributed by atoms with van der Waals surface area (Å²) in [5.41, 5.74) is 0.900. The van der Waals surface area contributed by atoms with Crippen molar-refractivity contribution in [2.45, 2.75) is 44.3 Å². The number of hydrogen-bond acceptors (Lipinski definition) is 3. The summed E-state index contributed by atoms with van der Waals surface area (Å²) in [5, 5.41) is 11.3. The molecule has 3 heteroatoms. The molecule has 1 aliphatic carbocycles. The number of cyclic esters (lactones) is 1. The number of carbonyl (C=O) groups is 1. The molecule has 2 fully saturated rings. The van der Waals surface area contributed by atoms with E-state index in [9.17, 15) is 9.90 Å². The van der Waals surface area contributed by atoms with Gasteiger partial charge < -0.3 is 9.84 Å². The fourth-order valence-corrected chi connectivity index (χ4v) is 4.68. The zero-order valence-corrected chi connectivity index (χ0v) is 14.3. The normalized spacial score (nSPS) is 28.0. The van der Waals surface area contributed by atoms with Gasteiger partial charge in [0.1, 0.15) is 11.5 Å². The molecule has 2 aromatic carbocycles. The molecule has 3 nitrogen and oxygen atoms in total. The fraction of sp³-hybridized carbons (Fsp3) is 0.409. The van der Waals surface area contributed by atoms with Crippen LogP contribution >= 0.6 is 0 Å². The first-order chi connectivity index (χ1) is 12.2. The third kappa shape index (κ3) is 2.58. The quantitative estimate of drug-likeness (QED) is 0.831. The molecule has 2 aromatic rings. The second-order valence-corrected chi connectivity index (χ2v) is 7.28. The van der Waals surface area contributed by atoms with Crippen molar-refractivity contribution in [3.05, 3.63) is 71.8 Å². The standard InChI is InChI=1S/C22H24O3/c23-19(16-10-4-1-5-11-16)22(18-14-8-3-9-15-18)20(25-21(22)24)17-12-6-2-7-13-17/h1-2,4-7,10-13,18-20,23H,3,8-9,14-15H2/t19-,20-,22-/m0/s1. The van der Waals surface area contributed by atoms with E-state index in [1.54, 1.807) is 0 Å². The molecule has 0 radical (unpaired) electrons. The zero-order valence-electron chi connectivity index (χ0n) is 14.3. The maximum absolute atomic E-state index is 12.9. The van der Waals surface area contributed by atoms with E-state index in [0.29, 0.717) is 0 Å². The number of esters is 1. The minimum absolute atomic E-state index is 0.155. The molecule has 0 aromatic heterocycles. The largest absolute Gasteiger partial charge is 0.455 e. The highest BCUT2D eigenvalue weighted by molar-refractivity contribution is 5.85. The number of ether oxygens (including phenoxy) is 1. The Morgan fingerprint density at radius 1 is 0.920 bits per heavy atom. The van der Waals surface area contributed by atoms with E-state index in [0.717, 1.165) is 36.8 Å². The molecule has 0 spiro atoms. The zero-order chi connectivity index (χ0) is 17.3. The first-order valence-electron chi connectivity index (χ1n) is 9.23. The third-order valence-corrected chi connectivity index (χ3v) is 5.96. The number of benzene rings is 2. The summed E-state index contributed by atoms with van der Waals surface area (Å²) >= 11 is 0. The molecule has 0 unspecified atom stereocenters. The van der Waals surface area contributed by atoms with Gasteiger partial charge in [-0.15, -0.1) is 0 Å². The van der Waals surface area contributed by atoms with Gasteiger partial charge in [0, 0.05) is 0 Å². The molecule has 25 heavy (non-hydrogen) atoms. The van der Waals surface area contributed by atoms with E-state index in [-0.39, 0.29) is 18.0 Å². The van der Waals surface area contributed by atoms with Crippen LogP contribution in [0.1, 0.15) is 55.4 Å². The highest BCUT2D eigenvalue weighted by Crippen LogP contribution is 2.62. The lowest BCUT2D eigenvalue weighted by Gasteiger charge is -2.54. The molecule has 130 valence electrons. The van der Waals surface area contributed by atoms with E-state index in [1.165, 1.54) is 6.42 Å². The van der Waals surface area contributed by atoms with Crippen LogP contribution in [0, 0.1) is 11.3 Å². The van der Waals surface area contributed by atoms with Crippen LogP contribution in [-0.4, -0.2) is 11.1 Å². The topological polar surface area (TPSA) is 46.5 Å². The summed E-state index contributed by atoms with van der Waals surface area (Å²) in [4.78, 5) is 12.9. The smallest absolute Gasteiger partial charge is 0.320 e. The number of rotatable bonds is 4. The van der Waals surface area contributed by atoms with Crippen molar-refractivity contribution in [1.82, 2.24) is 0 Å². The van der Waals surface area contributed by atoms with Gasteiger partial charge in [-0.1, -0.05) is 79.9 Å². The number of carbonyl (C=O) groups excluding carboxylic acids is 1. The van der Waals surface area contributed by atoms with Crippen LogP contribution in [0.15, 0.2) is 60.7 Å². The van der Waals surface area contributed by atoms with Crippen LogP contribution in [-0.2, 0) is 9.53 Å². The van der Waals surface area contributed by atoms with Crippen LogP contribution in [0.2, 0.25) is 0 Å². The van der Waals surface area contributed by atoms with Gasteiger partial charge in [-0.3, -0.25) is 4.79 Å². The third-order valence-electron chi connectivity index (χ3n) is 5.96. The van der Waals surface area contributed by atoms with Crippen LogP contribution in [0.5, 0.6) is 0 Å². The molecular formula is C22H24O3. The van der Waals surface area contributed by atoms with Crippen LogP contribution in [0.25, 0.3) is 0 Å². The second-order valence-electron chi connectivity index (χ2n) is 7.28. The Morgan fingerprint density at radius 3 is 2.12 bits per heavy atom. The number of aliphatic hydroxyl groups is 1. The molecule has 3 atom stereocenters. The Bertz CT molecular complexity index is 678. The molecule has 0 bridgehead atoms. The molecule has 1 aliphatic heterocycles. The van der Waals surface area contributed by atoms with E-state index in [1.807, 2.05) is 60.7 Å². The summed E-state index contributed by atoms with van der Waals surface area (Å²) in [6.45, 7) is 0. The van der Waals surface area contributed by atoms with Crippen LogP contribution in [0.3, 0.4) is 0 Å². The Labute approximate surface area is 148 Å². The molecule has 1 saturated heterocycles. The molecule has 1 heterocycles. The lowest BCUT2D eigenvalue weighted by molar-refractivity contribution is -0.246.